The first-order valence-corrected chi connectivity index (χ1v) is 7.63. The average Bonchev–Trinajstić information content (AvgIpc) is 2.88. The highest BCUT2D eigenvalue weighted by molar-refractivity contribution is 5.89. The highest BCUT2D eigenvalue weighted by atomic mass is 16.2. The van der Waals surface area contributed by atoms with Gasteiger partial charge in [-0.25, -0.2) is 0 Å². The molecule has 0 aliphatic carbocycles. The van der Waals surface area contributed by atoms with E-state index < -0.39 is 6.04 Å². The molecule has 0 unspecified atom stereocenters. The maximum absolute atomic E-state index is 12.3. The van der Waals surface area contributed by atoms with Crippen molar-refractivity contribution in [3.8, 4) is 6.07 Å². The number of likely N-dealkylation sites (tertiary alicyclic amines) is 1. The molecule has 2 rings (SSSR count). The molecule has 0 aromatic heterocycles. The van der Waals surface area contributed by atoms with Gasteiger partial charge in [0.1, 0.15) is 6.04 Å². The molecule has 1 fully saturated rings. The van der Waals surface area contributed by atoms with Gasteiger partial charge >= 0.3 is 0 Å². The zero-order chi connectivity index (χ0) is 16.1. The van der Waals surface area contributed by atoms with Gasteiger partial charge in [0.2, 0.25) is 11.8 Å². The number of hydrogen-bond donors (Lipinski definition) is 1. The minimum Gasteiger partial charge on any atom is -0.344 e. The molecule has 2 amide bonds. The van der Waals surface area contributed by atoms with Crippen molar-refractivity contribution in [1.82, 2.24) is 10.2 Å². The second kappa shape index (κ2) is 7.08. The Bertz CT molecular complexity index is 589. The van der Waals surface area contributed by atoms with Crippen LogP contribution < -0.4 is 5.32 Å². The summed E-state index contributed by atoms with van der Waals surface area (Å²) in [4.78, 5) is 26.0. The minimum atomic E-state index is -0.403. The first-order chi connectivity index (χ1) is 10.5. The Morgan fingerprint density at radius 2 is 2.14 bits per heavy atom. The predicted octanol–water partition coefficient (Wildman–Crippen LogP) is 1.82. The van der Waals surface area contributed by atoms with Crippen LogP contribution in [0.1, 0.15) is 37.8 Å². The number of carbonyl (C=O) groups excluding carboxylic acids is 2. The van der Waals surface area contributed by atoms with Crippen molar-refractivity contribution in [1.29, 1.82) is 5.26 Å². The van der Waals surface area contributed by atoms with Crippen molar-refractivity contribution < 1.29 is 9.59 Å². The zero-order valence-corrected chi connectivity index (χ0v) is 13.0. The number of nitrogens with zero attached hydrogens (tertiary/aromatic N) is 2. The lowest BCUT2D eigenvalue weighted by molar-refractivity contribution is -0.134. The molecular formula is C17H21N3O2. The predicted molar refractivity (Wildman–Crippen MR) is 82.6 cm³/mol. The highest BCUT2D eigenvalue weighted by Crippen LogP contribution is 2.16. The Balaban J connectivity index is 1.93. The molecule has 1 aliphatic heterocycles. The van der Waals surface area contributed by atoms with Crippen molar-refractivity contribution in [2.24, 2.45) is 5.92 Å². The molecule has 1 aromatic rings. The van der Waals surface area contributed by atoms with Crippen molar-refractivity contribution in [2.45, 2.75) is 39.3 Å². The van der Waals surface area contributed by atoms with Gasteiger partial charge in [-0.3, -0.25) is 9.59 Å². The van der Waals surface area contributed by atoms with Crippen LogP contribution in [0.5, 0.6) is 0 Å². The lowest BCUT2D eigenvalue weighted by Crippen LogP contribution is -2.43. The number of rotatable bonds is 5. The lowest BCUT2D eigenvalue weighted by Gasteiger charge is -2.18. The molecule has 0 saturated carbocycles. The van der Waals surface area contributed by atoms with E-state index in [1.807, 2.05) is 26.0 Å². The second-order valence-electron chi connectivity index (χ2n) is 5.73. The summed E-state index contributed by atoms with van der Waals surface area (Å²) < 4.78 is 0. The summed E-state index contributed by atoms with van der Waals surface area (Å²) in [7, 11) is 0. The maximum Gasteiger partial charge on any atom is 0.245 e. The standard InChI is InChI=1S/C17H21N3O2/c1-3-12(2)16(21)19-15-8-9-20(17(15)22)11-14-6-4-13(10-18)5-7-14/h4-7,12,15H,3,8-9,11H2,1-2H3,(H,19,21)/t12-,15+/m1/s1. The van der Waals surface area contributed by atoms with Crippen molar-refractivity contribution in [2.75, 3.05) is 6.54 Å². The molecular weight excluding hydrogens is 278 g/mol. The van der Waals surface area contributed by atoms with Crippen LogP contribution in [-0.2, 0) is 16.1 Å². The first kappa shape index (κ1) is 16.0. The van der Waals surface area contributed by atoms with Crippen LogP contribution in [0.15, 0.2) is 24.3 Å². The Hall–Kier alpha value is -2.35. The molecule has 0 bridgehead atoms. The number of amides is 2. The smallest absolute Gasteiger partial charge is 0.245 e. The van der Waals surface area contributed by atoms with E-state index in [0.717, 1.165) is 12.0 Å². The van der Waals surface area contributed by atoms with Gasteiger partial charge in [-0.2, -0.15) is 5.26 Å². The van der Waals surface area contributed by atoms with Crippen LogP contribution in [0, 0.1) is 17.2 Å². The number of nitrogens with one attached hydrogen (secondary N) is 1. The normalized spacial score (nSPS) is 18.9. The van der Waals surface area contributed by atoms with Crippen LogP contribution in [0.4, 0.5) is 0 Å². The fourth-order valence-corrected chi connectivity index (χ4v) is 2.43. The number of benzene rings is 1. The van der Waals surface area contributed by atoms with Crippen molar-refractivity contribution >= 4 is 11.8 Å². The molecule has 1 N–H and O–H groups in total. The monoisotopic (exact) mass is 299 g/mol. The molecule has 116 valence electrons. The van der Waals surface area contributed by atoms with Gasteiger partial charge < -0.3 is 10.2 Å². The van der Waals surface area contributed by atoms with Gasteiger partial charge in [0.05, 0.1) is 11.6 Å². The maximum atomic E-state index is 12.3. The topological polar surface area (TPSA) is 73.2 Å². The molecule has 1 aromatic carbocycles. The van der Waals surface area contributed by atoms with E-state index in [4.69, 9.17) is 5.26 Å². The fourth-order valence-electron chi connectivity index (χ4n) is 2.43. The molecule has 22 heavy (non-hydrogen) atoms. The van der Waals surface area contributed by atoms with Crippen molar-refractivity contribution in [3.05, 3.63) is 35.4 Å². The van der Waals surface area contributed by atoms with Gasteiger partial charge in [-0.15, -0.1) is 0 Å². The van der Waals surface area contributed by atoms with Gasteiger partial charge in [-0.05, 0) is 30.5 Å². The number of hydrogen-bond acceptors (Lipinski definition) is 3. The summed E-state index contributed by atoms with van der Waals surface area (Å²) in [6.45, 7) is 4.98. The van der Waals surface area contributed by atoms with Gasteiger partial charge in [0.15, 0.2) is 0 Å². The molecule has 2 atom stereocenters. The Kier molecular flexibility index (Phi) is 5.16. The van der Waals surface area contributed by atoms with E-state index in [2.05, 4.69) is 11.4 Å². The zero-order valence-electron chi connectivity index (χ0n) is 13.0. The summed E-state index contributed by atoms with van der Waals surface area (Å²) >= 11 is 0. The van der Waals surface area contributed by atoms with E-state index in [1.165, 1.54) is 0 Å². The average molecular weight is 299 g/mol. The van der Waals surface area contributed by atoms with Gasteiger partial charge in [0, 0.05) is 19.0 Å². The Labute approximate surface area is 130 Å². The third-order valence-corrected chi connectivity index (χ3v) is 4.13. The van der Waals surface area contributed by atoms with E-state index >= 15 is 0 Å². The van der Waals surface area contributed by atoms with Crippen LogP contribution in [-0.4, -0.2) is 29.3 Å². The lowest BCUT2D eigenvalue weighted by atomic mass is 10.1. The van der Waals surface area contributed by atoms with Crippen LogP contribution in [0.2, 0.25) is 0 Å². The number of nitriles is 1. The molecule has 5 heteroatoms. The Morgan fingerprint density at radius 3 is 2.73 bits per heavy atom. The Morgan fingerprint density at radius 1 is 1.45 bits per heavy atom. The quantitative estimate of drug-likeness (QED) is 0.901. The molecule has 1 heterocycles. The van der Waals surface area contributed by atoms with E-state index in [0.29, 0.717) is 25.1 Å². The fraction of sp³-hybridized carbons (Fsp3) is 0.471. The summed E-state index contributed by atoms with van der Waals surface area (Å²) in [5, 5.41) is 11.6. The minimum absolute atomic E-state index is 0.0268. The third-order valence-electron chi connectivity index (χ3n) is 4.13. The van der Waals surface area contributed by atoms with E-state index in [-0.39, 0.29) is 17.7 Å². The SMILES string of the molecule is CC[C@@H](C)C(=O)N[C@H]1CCN(Cc2ccc(C#N)cc2)C1=O. The summed E-state index contributed by atoms with van der Waals surface area (Å²) in [6, 6.07) is 8.88. The number of carbonyl (C=O) groups is 2. The molecule has 5 nitrogen and oxygen atoms in total. The third kappa shape index (κ3) is 3.64. The summed E-state index contributed by atoms with van der Waals surface area (Å²) in [5.41, 5.74) is 1.59. The largest absolute Gasteiger partial charge is 0.344 e. The van der Waals surface area contributed by atoms with Crippen LogP contribution in [0.25, 0.3) is 0 Å². The van der Waals surface area contributed by atoms with Crippen molar-refractivity contribution in [3.63, 3.8) is 0 Å². The van der Waals surface area contributed by atoms with Crippen LogP contribution in [0.3, 0.4) is 0 Å². The molecule has 0 radical (unpaired) electrons. The summed E-state index contributed by atoms with van der Waals surface area (Å²) in [6.07, 6.45) is 1.42. The van der Waals surface area contributed by atoms with E-state index in [1.54, 1.807) is 17.0 Å². The highest BCUT2D eigenvalue weighted by Gasteiger charge is 2.33. The molecule has 1 saturated heterocycles. The van der Waals surface area contributed by atoms with Gasteiger partial charge in [0.25, 0.3) is 0 Å². The molecule has 0 spiro atoms. The summed E-state index contributed by atoms with van der Waals surface area (Å²) in [5.74, 6) is -0.150. The van der Waals surface area contributed by atoms with Gasteiger partial charge in [-0.1, -0.05) is 26.0 Å². The molecule has 1 aliphatic rings. The second-order valence-corrected chi connectivity index (χ2v) is 5.73. The van der Waals surface area contributed by atoms with E-state index in [9.17, 15) is 9.59 Å². The van der Waals surface area contributed by atoms with Crippen LogP contribution >= 0.6 is 0 Å². The first-order valence-electron chi connectivity index (χ1n) is 7.63.